The first kappa shape index (κ1) is 24.4. The Hall–Kier alpha value is -2.85. The third-order valence-electron chi connectivity index (χ3n) is 4.91. The van der Waals surface area contributed by atoms with Gasteiger partial charge in [0.2, 0.25) is 0 Å². The van der Waals surface area contributed by atoms with Crippen molar-refractivity contribution in [1.29, 1.82) is 5.26 Å². The molecule has 0 amide bonds. The molecule has 0 saturated carbocycles. The van der Waals surface area contributed by atoms with Crippen LogP contribution in [0.3, 0.4) is 0 Å². The van der Waals surface area contributed by atoms with E-state index in [9.17, 15) is 10.1 Å². The number of rotatable bonds is 10. The first-order valence-electron chi connectivity index (χ1n) is 10.8. The highest BCUT2D eigenvalue weighted by Gasteiger charge is 2.21. The summed E-state index contributed by atoms with van der Waals surface area (Å²) in [6.45, 7) is 13.5. The van der Waals surface area contributed by atoms with Crippen LogP contribution in [-0.4, -0.2) is 37.0 Å². The van der Waals surface area contributed by atoms with E-state index in [1.807, 2.05) is 39.0 Å². The van der Waals surface area contributed by atoms with Crippen LogP contribution in [-0.2, 0) is 20.8 Å². The maximum absolute atomic E-state index is 12.1. The molecule has 2 rings (SSSR count). The van der Waals surface area contributed by atoms with Gasteiger partial charge in [-0.2, -0.15) is 10.4 Å². The number of hydrogen-bond donors (Lipinski definition) is 0. The highest BCUT2D eigenvalue weighted by Crippen LogP contribution is 2.28. The molecule has 0 spiro atoms. The summed E-state index contributed by atoms with van der Waals surface area (Å²) in [4.78, 5) is 12.1. The van der Waals surface area contributed by atoms with E-state index >= 15 is 0 Å². The van der Waals surface area contributed by atoms with Crippen molar-refractivity contribution in [2.45, 2.75) is 59.8 Å². The lowest BCUT2D eigenvalue weighted by Gasteiger charge is -2.17. The summed E-state index contributed by atoms with van der Waals surface area (Å²) in [5.74, 6) is -0.102. The van der Waals surface area contributed by atoms with Gasteiger partial charge in [0.05, 0.1) is 20.4 Å². The maximum Gasteiger partial charge on any atom is 0.344 e. The van der Waals surface area contributed by atoms with Gasteiger partial charge in [0.15, 0.2) is 12.4 Å². The lowest BCUT2D eigenvalue weighted by atomic mass is 10.0. The van der Waals surface area contributed by atoms with Crippen molar-refractivity contribution in [1.82, 2.24) is 9.78 Å². The molecule has 0 aliphatic rings. The van der Waals surface area contributed by atoms with Crippen LogP contribution in [0.25, 0.3) is 11.3 Å². The third-order valence-corrected chi connectivity index (χ3v) is 6.97. The molecule has 0 aliphatic carbocycles. The van der Waals surface area contributed by atoms with Gasteiger partial charge >= 0.3 is 5.97 Å². The number of allylic oxidation sites excluding steroid dienone is 1. The second kappa shape index (κ2) is 11.0. The van der Waals surface area contributed by atoms with Crippen LogP contribution >= 0.6 is 0 Å². The van der Waals surface area contributed by atoms with Crippen LogP contribution in [0.15, 0.2) is 30.3 Å². The van der Waals surface area contributed by atoms with Crippen molar-refractivity contribution in [3.8, 4) is 6.07 Å². The molecule has 7 heteroatoms. The van der Waals surface area contributed by atoms with Gasteiger partial charge in [0.1, 0.15) is 17.3 Å². The molecular weight excluding hydrogens is 406 g/mol. The molecule has 31 heavy (non-hydrogen) atoms. The zero-order chi connectivity index (χ0) is 23.0. The SMILES string of the molecule is CCCCOC(=O)CO/C(=C(/C#N)c1ccc([Si](C)(C)C)cc1)c1cc(C)nn1CC. The zero-order valence-corrected chi connectivity index (χ0v) is 20.5. The molecule has 0 radical (unpaired) electrons. The topological polar surface area (TPSA) is 77.1 Å². The van der Waals surface area contributed by atoms with Crippen molar-refractivity contribution >= 4 is 30.6 Å². The molecule has 1 aromatic heterocycles. The number of carbonyl (C=O) groups is 1. The van der Waals surface area contributed by atoms with Gasteiger partial charge in [-0.05, 0) is 31.9 Å². The second-order valence-electron chi connectivity index (χ2n) is 8.49. The van der Waals surface area contributed by atoms with Crippen molar-refractivity contribution in [3.63, 3.8) is 0 Å². The smallest absolute Gasteiger partial charge is 0.344 e. The Morgan fingerprint density at radius 3 is 2.39 bits per heavy atom. The molecule has 2 aromatic rings. The molecule has 0 aliphatic heterocycles. The highest BCUT2D eigenvalue weighted by molar-refractivity contribution is 6.88. The minimum atomic E-state index is -1.46. The lowest BCUT2D eigenvalue weighted by Crippen LogP contribution is -2.37. The van der Waals surface area contributed by atoms with E-state index in [1.165, 1.54) is 5.19 Å². The lowest BCUT2D eigenvalue weighted by molar-refractivity contribution is -0.146. The molecule has 6 nitrogen and oxygen atoms in total. The fourth-order valence-electron chi connectivity index (χ4n) is 3.13. The molecule has 1 aromatic carbocycles. The van der Waals surface area contributed by atoms with E-state index < -0.39 is 14.0 Å². The third kappa shape index (κ3) is 6.56. The van der Waals surface area contributed by atoms with Crippen LogP contribution in [0.4, 0.5) is 0 Å². The molecule has 0 saturated heterocycles. The second-order valence-corrected chi connectivity index (χ2v) is 13.6. The average Bonchev–Trinajstić information content (AvgIpc) is 3.11. The van der Waals surface area contributed by atoms with Crippen LogP contribution in [0.5, 0.6) is 0 Å². The molecule has 0 N–H and O–H groups in total. The van der Waals surface area contributed by atoms with Gasteiger partial charge in [-0.3, -0.25) is 4.68 Å². The predicted octanol–water partition coefficient (Wildman–Crippen LogP) is 4.51. The van der Waals surface area contributed by atoms with Crippen LogP contribution in [0.1, 0.15) is 43.6 Å². The van der Waals surface area contributed by atoms with Gasteiger partial charge in [0.25, 0.3) is 0 Å². The van der Waals surface area contributed by atoms with Crippen LogP contribution in [0, 0.1) is 18.3 Å². The number of unbranched alkanes of at least 4 members (excludes halogenated alkanes) is 1. The number of benzene rings is 1. The Labute approximate surface area is 186 Å². The summed E-state index contributed by atoms with van der Waals surface area (Å²) in [6.07, 6.45) is 1.75. The molecule has 1 heterocycles. The molecule has 0 atom stereocenters. The van der Waals surface area contributed by atoms with E-state index in [0.29, 0.717) is 30.2 Å². The Kier molecular flexibility index (Phi) is 8.63. The number of nitriles is 1. The summed E-state index contributed by atoms with van der Waals surface area (Å²) < 4.78 is 12.9. The fourth-order valence-corrected chi connectivity index (χ4v) is 4.30. The van der Waals surface area contributed by atoms with Gasteiger partial charge in [-0.1, -0.05) is 62.4 Å². The van der Waals surface area contributed by atoms with Gasteiger partial charge < -0.3 is 9.47 Å². The van der Waals surface area contributed by atoms with Gasteiger partial charge in [0, 0.05) is 6.54 Å². The average molecular weight is 440 g/mol. The van der Waals surface area contributed by atoms with Crippen molar-refractivity contribution in [2.75, 3.05) is 13.2 Å². The zero-order valence-electron chi connectivity index (χ0n) is 19.5. The normalized spacial score (nSPS) is 12.2. The number of esters is 1. The van der Waals surface area contributed by atoms with Gasteiger partial charge in [-0.25, -0.2) is 4.79 Å². The maximum atomic E-state index is 12.1. The first-order valence-corrected chi connectivity index (χ1v) is 14.3. The number of aromatic nitrogens is 2. The molecule has 166 valence electrons. The minimum Gasteiger partial charge on any atom is -0.478 e. The Bertz CT molecular complexity index is 963. The summed E-state index contributed by atoms with van der Waals surface area (Å²) in [5.41, 5.74) is 2.61. The summed E-state index contributed by atoms with van der Waals surface area (Å²) in [5, 5.41) is 15.8. The highest BCUT2D eigenvalue weighted by atomic mass is 28.3. The van der Waals surface area contributed by atoms with E-state index in [2.05, 4.69) is 42.9 Å². The van der Waals surface area contributed by atoms with Crippen molar-refractivity contribution in [2.24, 2.45) is 0 Å². The van der Waals surface area contributed by atoms with E-state index in [0.717, 1.165) is 24.1 Å². The van der Waals surface area contributed by atoms with Gasteiger partial charge in [-0.15, -0.1) is 0 Å². The van der Waals surface area contributed by atoms with Crippen LogP contribution in [0.2, 0.25) is 19.6 Å². The van der Waals surface area contributed by atoms with E-state index in [4.69, 9.17) is 9.47 Å². The minimum absolute atomic E-state index is 0.259. The molecule has 0 unspecified atom stereocenters. The molecule has 0 bridgehead atoms. The molecular formula is C24H33N3O3Si. The first-order chi connectivity index (χ1) is 14.7. The summed E-state index contributed by atoms with van der Waals surface area (Å²) >= 11 is 0. The Morgan fingerprint density at radius 2 is 1.84 bits per heavy atom. The Balaban J connectivity index is 2.46. The monoisotopic (exact) mass is 439 g/mol. The summed E-state index contributed by atoms with van der Waals surface area (Å²) in [6, 6.07) is 12.2. The van der Waals surface area contributed by atoms with Crippen LogP contribution < -0.4 is 5.19 Å². The van der Waals surface area contributed by atoms with E-state index in [1.54, 1.807) is 4.68 Å². The van der Waals surface area contributed by atoms with Crippen molar-refractivity contribution < 1.29 is 14.3 Å². The number of hydrogen-bond acceptors (Lipinski definition) is 5. The quantitative estimate of drug-likeness (QED) is 0.179. The van der Waals surface area contributed by atoms with Crippen molar-refractivity contribution in [3.05, 3.63) is 47.3 Å². The Morgan fingerprint density at radius 1 is 1.16 bits per heavy atom. The number of nitrogens with zero attached hydrogens (tertiary/aromatic N) is 3. The number of ether oxygens (including phenoxy) is 2. The summed E-state index contributed by atoms with van der Waals surface area (Å²) in [7, 11) is -1.46. The largest absolute Gasteiger partial charge is 0.478 e. The predicted molar refractivity (Wildman–Crippen MR) is 126 cm³/mol. The number of aryl methyl sites for hydroxylation is 2. The fraction of sp³-hybridized carbons (Fsp3) is 0.458. The standard InChI is InChI=1S/C24H33N3O3Si/c1-7-9-14-29-23(28)17-30-24(22-15-18(3)26-27(22)8-2)21(16-25)19-10-12-20(13-11-19)31(4,5)6/h10-13,15H,7-9,14,17H2,1-6H3/b24-21-. The molecule has 0 fully saturated rings. The number of carbonyl (C=O) groups excluding carboxylic acids is 1. The van der Waals surface area contributed by atoms with E-state index in [-0.39, 0.29) is 6.61 Å².